The van der Waals surface area contributed by atoms with Crippen molar-refractivity contribution in [3.63, 3.8) is 0 Å². The first-order valence-corrected chi connectivity index (χ1v) is 10.8. The number of aliphatic hydroxyl groups excluding tert-OH is 1. The minimum atomic E-state index is -0.397. The van der Waals surface area contributed by atoms with Crippen molar-refractivity contribution < 1.29 is 24.2 Å². The van der Waals surface area contributed by atoms with Gasteiger partial charge in [-0.2, -0.15) is 0 Å². The maximum absolute atomic E-state index is 13.3. The van der Waals surface area contributed by atoms with Crippen LogP contribution in [0.2, 0.25) is 0 Å². The van der Waals surface area contributed by atoms with E-state index in [0.29, 0.717) is 42.7 Å². The molecule has 1 aliphatic heterocycles. The first kappa shape index (κ1) is 23.3. The SMILES string of the molecule is CONc1ccc(N2CCN(C(=O)c3cc(OC)c(Oc4ccccc4)cn3)C(CO)C2)cn1. The summed E-state index contributed by atoms with van der Waals surface area (Å²) in [5.41, 5.74) is 3.80. The summed E-state index contributed by atoms with van der Waals surface area (Å²) in [5, 5.41) is 10.0. The van der Waals surface area contributed by atoms with Crippen molar-refractivity contribution in [3.8, 4) is 17.2 Å². The number of aromatic nitrogens is 2. The number of aliphatic hydroxyl groups is 1. The minimum absolute atomic E-state index is 0.175. The van der Waals surface area contributed by atoms with Gasteiger partial charge in [-0.1, -0.05) is 18.2 Å². The summed E-state index contributed by atoms with van der Waals surface area (Å²) < 4.78 is 11.3. The second-order valence-electron chi connectivity index (χ2n) is 7.62. The molecule has 10 nitrogen and oxygen atoms in total. The number of carbonyl (C=O) groups excluding carboxylic acids is 1. The molecule has 1 amide bonds. The average Bonchev–Trinajstić information content (AvgIpc) is 2.89. The molecular weight excluding hydrogens is 438 g/mol. The first-order chi connectivity index (χ1) is 16.6. The van der Waals surface area contributed by atoms with Gasteiger partial charge in [-0.3, -0.25) is 9.63 Å². The molecule has 0 radical (unpaired) electrons. The number of pyridine rings is 2. The van der Waals surface area contributed by atoms with E-state index in [1.165, 1.54) is 20.4 Å². The molecule has 2 aromatic heterocycles. The summed E-state index contributed by atoms with van der Waals surface area (Å²) in [6, 6.07) is 14.1. The van der Waals surface area contributed by atoms with Gasteiger partial charge in [0.2, 0.25) is 0 Å². The molecule has 0 bridgehead atoms. The van der Waals surface area contributed by atoms with Crippen molar-refractivity contribution in [1.82, 2.24) is 14.9 Å². The van der Waals surface area contributed by atoms with E-state index in [1.807, 2.05) is 36.4 Å². The van der Waals surface area contributed by atoms with E-state index in [0.717, 1.165) is 5.69 Å². The van der Waals surface area contributed by atoms with E-state index < -0.39 is 6.04 Å². The van der Waals surface area contributed by atoms with Gasteiger partial charge in [-0.25, -0.2) is 15.4 Å². The molecule has 10 heteroatoms. The number of para-hydroxylation sites is 1. The Morgan fingerprint density at radius 1 is 1.09 bits per heavy atom. The molecule has 4 rings (SSSR count). The Bertz CT molecular complexity index is 1100. The van der Waals surface area contributed by atoms with Gasteiger partial charge in [0.1, 0.15) is 17.3 Å². The van der Waals surface area contributed by atoms with E-state index in [9.17, 15) is 9.90 Å². The third kappa shape index (κ3) is 5.19. The number of carbonyl (C=O) groups is 1. The number of hydrogen-bond donors (Lipinski definition) is 2. The largest absolute Gasteiger partial charge is 0.493 e. The zero-order chi connectivity index (χ0) is 23.9. The molecule has 1 saturated heterocycles. The lowest BCUT2D eigenvalue weighted by atomic mass is 10.1. The molecule has 3 aromatic rings. The van der Waals surface area contributed by atoms with Gasteiger partial charge in [-0.05, 0) is 24.3 Å². The number of nitrogens with zero attached hydrogens (tertiary/aromatic N) is 4. The highest BCUT2D eigenvalue weighted by molar-refractivity contribution is 5.93. The highest BCUT2D eigenvalue weighted by Gasteiger charge is 2.32. The molecule has 0 spiro atoms. The van der Waals surface area contributed by atoms with Crippen LogP contribution in [-0.2, 0) is 4.84 Å². The molecule has 3 heterocycles. The molecular formula is C24H27N5O5. The van der Waals surface area contributed by atoms with Crippen LogP contribution in [0.5, 0.6) is 17.2 Å². The fourth-order valence-electron chi connectivity index (χ4n) is 3.79. The fourth-order valence-corrected chi connectivity index (χ4v) is 3.79. The van der Waals surface area contributed by atoms with Gasteiger partial charge < -0.3 is 24.4 Å². The lowest BCUT2D eigenvalue weighted by Crippen LogP contribution is -2.57. The molecule has 0 aliphatic carbocycles. The number of ether oxygens (including phenoxy) is 2. The van der Waals surface area contributed by atoms with E-state index in [-0.39, 0.29) is 18.2 Å². The third-order valence-electron chi connectivity index (χ3n) is 5.52. The highest BCUT2D eigenvalue weighted by atomic mass is 16.6. The van der Waals surface area contributed by atoms with Crippen LogP contribution in [0, 0.1) is 0 Å². The Hall–Kier alpha value is -3.89. The molecule has 1 atom stereocenters. The van der Waals surface area contributed by atoms with Gasteiger partial charge in [0.15, 0.2) is 11.5 Å². The van der Waals surface area contributed by atoms with E-state index in [4.69, 9.17) is 14.3 Å². The van der Waals surface area contributed by atoms with Gasteiger partial charge in [-0.15, -0.1) is 0 Å². The van der Waals surface area contributed by atoms with Gasteiger partial charge in [0.05, 0.1) is 44.9 Å². The zero-order valence-corrected chi connectivity index (χ0v) is 19.0. The number of hydrogen-bond acceptors (Lipinski definition) is 9. The number of piperazine rings is 1. The molecule has 1 unspecified atom stereocenters. The number of amides is 1. The fraction of sp³-hybridized carbons (Fsp3) is 0.292. The van der Waals surface area contributed by atoms with Crippen molar-refractivity contribution in [2.45, 2.75) is 6.04 Å². The monoisotopic (exact) mass is 465 g/mol. The van der Waals surface area contributed by atoms with Crippen molar-refractivity contribution in [3.05, 3.63) is 66.6 Å². The van der Waals surface area contributed by atoms with Crippen molar-refractivity contribution in [2.75, 3.05) is 50.8 Å². The van der Waals surface area contributed by atoms with Crippen LogP contribution in [-0.4, -0.2) is 72.4 Å². The third-order valence-corrected chi connectivity index (χ3v) is 5.52. The van der Waals surface area contributed by atoms with E-state index >= 15 is 0 Å². The maximum atomic E-state index is 13.3. The molecule has 34 heavy (non-hydrogen) atoms. The summed E-state index contributed by atoms with van der Waals surface area (Å²) in [4.78, 5) is 30.5. The first-order valence-electron chi connectivity index (χ1n) is 10.8. The molecule has 0 saturated carbocycles. The Labute approximate surface area is 197 Å². The smallest absolute Gasteiger partial charge is 0.273 e. The molecule has 178 valence electrons. The van der Waals surface area contributed by atoms with Crippen molar-refractivity contribution in [2.24, 2.45) is 0 Å². The van der Waals surface area contributed by atoms with Gasteiger partial charge in [0, 0.05) is 25.7 Å². The number of anilines is 2. The number of nitrogens with one attached hydrogen (secondary N) is 1. The lowest BCUT2D eigenvalue weighted by molar-refractivity contribution is 0.0559. The quantitative estimate of drug-likeness (QED) is 0.485. The standard InChI is InChI=1S/C24H27N5O5/c1-32-21-12-20(25-14-22(21)34-19-6-4-3-5-7-19)24(31)29-11-10-28(15-18(29)16-30)17-8-9-23(26-13-17)27-33-2/h3-9,12-14,18,30H,10-11,15-16H2,1-2H3,(H,26,27). The molecule has 2 N–H and O–H groups in total. The second-order valence-corrected chi connectivity index (χ2v) is 7.62. The van der Waals surface area contributed by atoms with Gasteiger partial charge >= 0.3 is 0 Å². The number of rotatable bonds is 8. The number of methoxy groups -OCH3 is 1. The summed E-state index contributed by atoms with van der Waals surface area (Å²) in [7, 11) is 3.03. The molecule has 1 aromatic carbocycles. The molecule has 1 fully saturated rings. The predicted octanol–water partition coefficient (Wildman–Crippen LogP) is 2.57. The topological polar surface area (TPSA) is 109 Å². The Balaban J connectivity index is 1.47. The van der Waals surface area contributed by atoms with E-state index in [1.54, 1.807) is 23.2 Å². The maximum Gasteiger partial charge on any atom is 0.273 e. The highest BCUT2D eigenvalue weighted by Crippen LogP contribution is 2.31. The summed E-state index contributed by atoms with van der Waals surface area (Å²) in [5.74, 6) is 1.77. The second kappa shape index (κ2) is 10.8. The van der Waals surface area contributed by atoms with Crippen LogP contribution in [0.3, 0.4) is 0 Å². The average molecular weight is 466 g/mol. The molecule has 1 aliphatic rings. The van der Waals surface area contributed by atoms with Crippen LogP contribution in [0.25, 0.3) is 0 Å². The van der Waals surface area contributed by atoms with Gasteiger partial charge in [0.25, 0.3) is 5.91 Å². The Morgan fingerprint density at radius 3 is 2.59 bits per heavy atom. The normalized spacial score (nSPS) is 15.7. The Kier molecular flexibility index (Phi) is 7.41. The van der Waals surface area contributed by atoms with Crippen molar-refractivity contribution in [1.29, 1.82) is 0 Å². The lowest BCUT2D eigenvalue weighted by Gasteiger charge is -2.41. The van der Waals surface area contributed by atoms with Crippen LogP contribution < -0.4 is 19.9 Å². The summed E-state index contributed by atoms with van der Waals surface area (Å²) in [6.07, 6.45) is 3.20. The number of benzene rings is 1. The van der Waals surface area contributed by atoms with E-state index in [2.05, 4.69) is 20.3 Å². The zero-order valence-electron chi connectivity index (χ0n) is 19.0. The van der Waals surface area contributed by atoms with Crippen LogP contribution in [0.15, 0.2) is 60.9 Å². The Morgan fingerprint density at radius 2 is 1.91 bits per heavy atom. The minimum Gasteiger partial charge on any atom is -0.493 e. The summed E-state index contributed by atoms with van der Waals surface area (Å²) in [6.45, 7) is 1.31. The van der Waals surface area contributed by atoms with Crippen LogP contribution >= 0.6 is 0 Å². The summed E-state index contributed by atoms with van der Waals surface area (Å²) >= 11 is 0. The van der Waals surface area contributed by atoms with Crippen LogP contribution in [0.1, 0.15) is 10.5 Å². The predicted molar refractivity (Wildman–Crippen MR) is 126 cm³/mol. The van der Waals surface area contributed by atoms with Crippen LogP contribution in [0.4, 0.5) is 11.5 Å². The van der Waals surface area contributed by atoms with Crippen molar-refractivity contribution >= 4 is 17.4 Å².